The van der Waals surface area contributed by atoms with Crippen molar-refractivity contribution in [3.8, 4) is 0 Å². The van der Waals surface area contributed by atoms with Crippen molar-refractivity contribution in [1.29, 1.82) is 0 Å². The van der Waals surface area contributed by atoms with E-state index in [1.165, 1.54) is 5.57 Å². The lowest BCUT2D eigenvalue weighted by atomic mass is 10.2. The van der Waals surface area contributed by atoms with Gasteiger partial charge in [0.05, 0.1) is 0 Å². The molecule has 0 rings (SSSR count). The van der Waals surface area contributed by atoms with Gasteiger partial charge in [0.1, 0.15) is 0 Å². The maximum Gasteiger partial charge on any atom is 0.0270 e. The second-order valence-corrected chi connectivity index (χ2v) is 2.13. The summed E-state index contributed by atoms with van der Waals surface area (Å²) in [6.07, 6.45) is 4.98. The first-order valence-corrected chi connectivity index (χ1v) is 3.29. The molecule has 1 nitrogen and oxygen atoms in total. The second kappa shape index (κ2) is 4.19. The first-order valence-electron chi connectivity index (χ1n) is 3.29. The Hall–Kier alpha value is -0.720. The fourth-order valence-electron chi connectivity index (χ4n) is 0.470. The lowest BCUT2D eigenvalue weighted by Crippen LogP contribution is -1.92. The summed E-state index contributed by atoms with van der Waals surface area (Å²) in [6, 6.07) is 0. The highest BCUT2D eigenvalue weighted by molar-refractivity contribution is 5.18. The van der Waals surface area contributed by atoms with Gasteiger partial charge in [-0.1, -0.05) is 18.6 Å². The van der Waals surface area contributed by atoms with Gasteiger partial charge in [0.25, 0.3) is 0 Å². The number of hydrogen-bond donors (Lipinski definition) is 1. The molecular formula is C8H15N. The monoisotopic (exact) mass is 125 g/mol. The lowest BCUT2D eigenvalue weighted by Gasteiger charge is -1.93. The van der Waals surface area contributed by atoms with Gasteiger partial charge in [-0.3, -0.25) is 0 Å². The Morgan fingerprint density at radius 1 is 1.56 bits per heavy atom. The molecule has 52 valence electrons. The zero-order valence-corrected chi connectivity index (χ0v) is 6.44. The van der Waals surface area contributed by atoms with E-state index in [-0.39, 0.29) is 0 Å². The summed E-state index contributed by atoms with van der Waals surface area (Å²) >= 11 is 0. The molecule has 2 N–H and O–H groups in total. The third-order valence-corrected chi connectivity index (χ3v) is 1.30. The Bertz CT molecular complexity index is 132. The largest absolute Gasteiger partial charge is 0.399 e. The molecule has 0 spiro atoms. The summed E-state index contributed by atoms with van der Waals surface area (Å²) < 4.78 is 0. The minimum Gasteiger partial charge on any atom is -0.399 e. The van der Waals surface area contributed by atoms with E-state index in [2.05, 4.69) is 13.8 Å². The van der Waals surface area contributed by atoms with Crippen molar-refractivity contribution in [3.63, 3.8) is 0 Å². The third-order valence-electron chi connectivity index (χ3n) is 1.30. The summed E-state index contributed by atoms with van der Waals surface area (Å²) in [6.45, 7) is 6.14. The van der Waals surface area contributed by atoms with E-state index in [9.17, 15) is 0 Å². The molecule has 0 aromatic carbocycles. The van der Waals surface area contributed by atoms with Crippen LogP contribution in [0.25, 0.3) is 0 Å². The predicted molar refractivity (Wildman–Crippen MR) is 42.0 cm³/mol. The van der Waals surface area contributed by atoms with Gasteiger partial charge in [0, 0.05) is 5.70 Å². The van der Waals surface area contributed by atoms with Crippen molar-refractivity contribution >= 4 is 0 Å². The molecular weight excluding hydrogens is 110 g/mol. The van der Waals surface area contributed by atoms with E-state index in [0.717, 1.165) is 12.1 Å². The normalized spacial score (nSPS) is 14.1. The molecule has 0 fully saturated rings. The fourth-order valence-corrected chi connectivity index (χ4v) is 0.470. The molecule has 0 unspecified atom stereocenters. The minimum atomic E-state index is 0.856. The topological polar surface area (TPSA) is 26.0 Å². The summed E-state index contributed by atoms with van der Waals surface area (Å²) in [5.74, 6) is 0. The smallest absolute Gasteiger partial charge is 0.0270 e. The molecule has 0 amide bonds. The predicted octanol–water partition coefficient (Wildman–Crippen LogP) is 2.21. The first kappa shape index (κ1) is 8.28. The SMILES string of the molecule is C/C=C(N)\C=C(\C)CC. The Morgan fingerprint density at radius 3 is 2.44 bits per heavy atom. The number of allylic oxidation sites excluding steroid dienone is 3. The molecule has 0 aromatic heterocycles. The summed E-state index contributed by atoms with van der Waals surface area (Å²) in [7, 11) is 0. The van der Waals surface area contributed by atoms with E-state index in [1.54, 1.807) is 0 Å². The number of hydrogen-bond acceptors (Lipinski definition) is 1. The van der Waals surface area contributed by atoms with Gasteiger partial charge in [-0.15, -0.1) is 0 Å². The molecule has 0 aliphatic carbocycles. The van der Waals surface area contributed by atoms with Gasteiger partial charge < -0.3 is 5.73 Å². The molecule has 0 saturated carbocycles. The second-order valence-electron chi connectivity index (χ2n) is 2.13. The van der Waals surface area contributed by atoms with Crippen LogP contribution in [0.5, 0.6) is 0 Å². The Labute approximate surface area is 57.3 Å². The first-order chi connectivity index (χ1) is 4.20. The molecule has 0 radical (unpaired) electrons. The quantitative estimate of drug-likeness (QED) is 0.562. The van der Waals surface area contributed by atoms with Crippen molar-refractivity contribution in [2.45, 2.75) is 27.2 Å². The van der Waals surface area contributed by atoms with Gasteiger partial charge in [0.2, 0.25) is 0 Å². The number of rotatable bonds is 2. The van der Waals surface area contributed by atoms with Crippen LogP contribution in [-0.2, 0) is 0 Å². The molecule has 0 heterocycles. The van der Waals surface area contributed by atoms with Crippen molar-refractivity contribution in [2.24, 2.45) is 5.73 Å². The van der Waals surface area contributed by atoms with Crippen molar-refractivity contribution in [3.05, 3.63) is 23.4 Å². The molecule has 0 aliphatic heterocycles. The van der Waals surface area contributed by atoms with Crippen LogP contribution in [0, 0.1) is 0 Å². The van der Waals surface area contributed by atoms with Gasteiger partial charge in [-0.2, -0.15) is 0 Å². The van der Waals surface area contributed by atoms with Crippen molar-refractivity contribution < 1.29 is 0 Å². The van der Waals surface area contributed by atoms with E-state index in [4.69, 9.17) is 5.73 Å². The van der Waals surface area contributed by atoms with Crippen LogP contribution in [0.2, 0.25) is 0 Å². The average molecular weight is 125 g/mol. The van der Waals surface area contributed by atoms with Crippen LogP contribution in [-0.4, -0.2) is 0 Å². The van der Waals surface area contributed by atoms with Crippen LogP contribution in [0.15, 0.2) is 23.4 Å². The highest BCUT2D eigenvalue weighted by Gasteiger charge is 1.83. The fraction of sp³-hybridized carbons (Fsp3) is 0.500. The van der Waals surface area contributed by atoms with Gasteiger partial charge in [0.15, 0.2) is 0 Å². The van der Waals surface area contributed by atoms with E-state index >= 15 is 0 Å². The van der Waals surface area contributed by atoms with Crippen LogP contribution in [0.4, 0.5) is 0 Å². The van der Waals surface area contributed by atoms with Crippen molar-refractivity contribution in [2.75, 3.05) is 0 Å². The average Bonchev–Trinajstić information content (AvgIpc) is 1.87. The van der Waals surface area contributed by atoms with Gasteiger partial charge in [-0.25, -0.2) is 0 Å². The highest BCUT2D eigenvalue weighted by Crippen LogP contribution is 2.00. The third kappa shape index (κ3) is 3.83. The molecule has 0 aliphatic rings. The molecule has 0 bridgehead atoms. The molecule has 0 atom stereocenters. The molecule has 0 saturated heterocycles. The summed E-state index contributed by atoms with van der Waals surface area (Å²) in [4.78, 5) is 0. The van der Waals surface area contributed by atoms with Gasteiger partial charge in [-0.05, 0) is 26.3 Å². The van der Waals surface area contributed by atoms with Gasteiger partial charge >= 0.3 is 0 Å². The minimum absolute atomic E-state index is 0.856. The Balaban J connectivity index is 3.95. The van der Waals surface area contributed by atoms with Crippen molar-refractivity contribution in [1.82, 2.24) is 0 Å². The maximum atomic E-state index is 5.53. The van der Waals surface area contributed by atoms with E-state index in [1.807, 2.05) is 19.1 Å². The van der Waals surface area contributed by atoms with Crippen LogP contribution >= 0.6 is 0 Å². The Kier molecular flexibility index (Phi) is 3.85. The summed E-state index contributed by atoms with van der Waals surface area (Å²) in [5.41, 5.74) is 7.71. The Morgan fingerprint density at radius 2 is 2.11 bits per heavy atom. The highest BCUT2D eigenvalue weighted by atomic mass is 14.5. The summed E-state index contributed by atoms with van der Waals surface area (Å²) in [5, 5.41) is 0. The maximum absolute atomic E-state index is 5.53. The molecule has 1 heteroatoms. The van der Waals surface area contributed by atoms with Crippen LogP contribution < -0.4 is 5.73 Å². The van der Waals surface area contributed by atoms with E-state index in [0.29, 0.717) is 0 Å². The zero-order chi connectivity index (χ0) is 7.28. The lowest BCUT2D eigenvalue weighted by molar-refractivity contribution is 1.09. The van der Waals surface area contributed by atoms with Crippen LogP contribution in [0.1, 0.15) is 27.2 Å². The molecule has 0 aromatic rings. The molecule has 9 heavy (non-hydrogen) atoms. The van der Waals surface area contributed by atoms with Crippen LogP contribution in [0.3, 0.4) is 0 Å². The zero-order valence-electron chi connectivity index (χ0n) is 6.44. The number of nitrogens with two attached hydrogens (primary N) is 1. The van der Waals surface area contributed by atoms with E-state index < -0.39 is 0 Å². The standard InChI is InChI=1S/C8H15N/c1-4-7(3)6-8(9)5-2/h5-6H,4,9H2,1-3H3/b7-6-,8-5+.